The van der Waals surface area contributed by atoms with Crippen molar-refractivity contribution < 1.29 is 4.74 Å². The summed E-state index contributed by atoms with van der Waals surface area (Å²) in [5.41, 5.74) is 2.17. The lowest BCUT2D eigenvalue weighted by atomic mass is 10.2. The van der Waals surface area contributed by atoms with E-state index >= 15 is 0 Å². The van der Waals surface area contributed by atoms with Gasteiger partial charge in [-0.3, -0.25) is 0 Å². The number of ether oxygens (including phenoxy) is 1. The molecule has 3 rings (SSSR count). The molecular formula is C22H34ClN3O. The van der Waals surface area contributed by atoms with Crippen LogP contribution in [0.15, 0.2) is 18.2 Å². The number of rotatable bonds is 11. The predicted octanol–water partition coefficient (Wildman–Crippen LogP) is 5.83. The van der Waals surface area contributed by atoms with E-state index in [9.17, 15) is 0 Å². The molecule has 0 spiro atoms. The third-order valence-corrected chi connectivity index (χ3v) is 5.70. The maximum absolute atomic E-state index is 6.28. The van der Waals surface area contributed by atoms with Crippen LogP contribution in [-0.2, 0) is 11.3 Å². The Hall–Kier alpha value is -1.10. The first-order valence-electron chi connectivity index (χ1n) is 10.7. The van der Waals surface area contributed by atoms with Crippen LogP contribution in [0, 0.1) is 0 Å². The second-order valence-corrected chi connectivity index (χ2v) is 8.10. The van der Waals surface area contributed by atoms with E-state index < -0.39 is 0 Å². The average Bonchev–Trinajstić information content (AvgIpc) is 3.31. The van der Waals surface area contributed by atoms with Crippen molar-refractivity contribution >= 4 is 22.6 Å². The van der Waals surface area contributed by atoms with Crippen LogP contribution in [0.3, 0.4) is 0 Å². The first kappa shape index (κ1) is 20.6. The molecule has 1 aromatic heterocycles. The van der Waals surface area contributed by atoms with Gasteiger partial charge in [-0.05, 0) is 69.9 Å². The summed E-state index contributed by atoms with van der Waals surface area (Å²) in [5, 5.41) is 0.773. The van der Waals surface area contributed by atoms with Crippen molar-refractivity contribution in [1.82, 2.24) is 14.5 Å². The van der Waals surface area contributed by atoms with Crippen LogP contribution < -0.4 is 0 Å². The highest BCUT2D eigenvalue weighted by atomic mass is 35.5. The van der Waals surface area contributed by atoms with Crippen LogP contribution in [0.5, 0.6) is 0 Å². The number of aryl methyl sites for hydroxylation is 1. The van der Waals surface area contributed by atoms with Gasteiger partial charge >= 0.3 is 0 Å². The Labute approximate surface area is 168 Å². The van der Waals surface area contributed by atoms with E-state index in [0.717, 1.165) is 60.8 Å². The normalized spacial score (nSPS) is 17.4. The molecule has 27 heavy (non-hydrogen) atoms. The zero-order chi connectivity index (χ0) is 19.1. The highest BCUT2D eigenvalue weighted by molar-refractivity contribution is 6.31. The number of benzene rings is 1. The van der Waals surface area contributed by atoms with Gasteiger partial charge < -0.3 is 14.2 Å². The lowest BCUT2D eigenvalue weighted by molar-refractivity contribution is 0.102. The van der Waals surface area contributed by atoms with E-state index in [2.05, 4.69) is 23.3 Å². The van der Waals surface area contributed by atoms with Gasteiger partial charge in [0, 0.05) is 18.2 Å². The van der Waals surface area contributed by atoms with E-state index in [0.29, 0.717) is 0 Å². The monoisotopic (exact) mass is 391 g/mol. The van der Waals surface area contributed by atoms with E-state index in [1.165, 1.54) is 38.8 Å². The van der Waals surface area contributed by atoms with Crippen molar-refractivity contribution in [2.24, 2.45) is 0 Å². The molecule has 2 aromatic rings. The van der Waals surface area contributed by atoms with E-state index in [4.69, 9.17) is 21.3 Å². The van der Waals surface area contributed by atoms with Crippen LogP contribution in [0.25, 0.3) is 11.0 Å². The molecule has 0 aliphatic carbocycles. The van der Waals surface area contributed by atoms with Gasteiger partial charge in [0.25, 0.3) is 0 Å². The Bertz CT molecular complexity index is 701. The molecule has 1 fully saturated rings. The molecule has 1 atom stereocenters. The fourth-order valence-electron chi connectivity index (χ4n) is 3.93. The van der Waals surface area contributed by atoms with Crippen LogP contribution in [0.1, 0.15) is 70.7 Å². The molecule has 1 aliphatic heterocycles. The SMILES string of the molecule is CCCCN(CCCC)CCCn1c(C2CCCO2)nc2ccc(Cl)cc21. The Morgan fingerprint density at radius 1 is 1.15 bits per heavy atom. The Morgan fingerprint density at radius 3 is 2.56 bits per heavy atom. The molecular weight excluding hydrogens is 358 g/mol. The first-order valence-corrected chi connectivity index (χ1v) is 11.1. The number of imidazole rings is 1. The highest BCUT2D eigenvalue weighted by Gasteiger charge is 2.24. The van der Waals surface area contributed by atoms with Crippen molar-refractivity contribution in [3.8, 4) is 0 Å². The summed E-state index contributed by atoms with van der Waals surface area (Å²) >= 11 is 6.28. The number of unbranched alkanes of at least 4 members (excludes halogenated alkanes) is 2. The summed E-state index contributed by atoms with van der Waals surface area (Å²) in [6, 6.07) is 6.01. The summed E-state index contributed by atoms with van der Waals surface area (Å²) in [5.74, 6) is 1.08. The summed E-state index contributed by atoms with van der Waals surface area (Å²) in [7, 11) is 0. The molecule has 2 heterocycles. The number of halogens is 1. The minimum atomic E-state index is 0.132. The van der Waals surface area contributed by atoms with Gasteiger partial charge in [-0.25, -0.2) is 4.98 Å². The van der Waals surface area contributed by atoms with Crippen molar-refractivity contribution in [2.75, 3.05) is 26.2 Å². The topological polar surface area (TPSA) is 30.3 Å². The first-order chi connectivity index (χ1) is 13.2. The van der Waals surface area contributed by atoms with Gasteiger partial charge in [-0.15, -0.1) is 0 Å². The van der Waals surface area contributed by atoms with Crippen molar-refractivity contribution in [3.05, 3.63) is 29.0 Å². The van der Waals surface area contributed by atoms with Crippen LogP contribution in [0.2, 0.25) is 5.02 Å². The lowest BCUT2D eigenvalue weighted by Crippen LogP contribution is -2.28. The van der Waals surface area contributed by atoms with Crippen LogP contribution >= 0.6 is 11.6 Å². The number of hydrogen-bond acceptors (Lipinski definition) is 3. The van der Waals surface area contributed by atoms with E-state index in [-0.39, 0.29) is 6.10 Å². The van der Waals surface area contributed by atoms with Gasteiger partial charge in [0.2, 0.25) is 0 Å². The lowest BCUT2D eigenvalue weighted by Gasteiger charge is -2.22. The molecule has 4 nitrogen and oxygen atoms in total. The minimum absolute atomic E-state index is 0.132. The minimum Gasteiger partial charge on any atom is -0.370 e. The fraction of sp³-hybridized carbons (Fsp3) is 0.682. The maximum atomic E-state index is 6.28. The molecule has 0 bridgehead atoms. The molecule has 150 valence electrons. The molecule has 1 aliphatic rings. The van der Waals surface area contributed by atoms with E-state index in [1.54, 1.807) is 0 Å². The molecule has 0 radical (unpaired) electrons. The second kappa shape index (κ2) is 10.4. The maximum Gasteiger partial charge on any atom is 0.139 e. The Kier molecular flexibility index (Phi) is 7.98. The van der Waals surface area contributed by atoms with Gasteiger partial charge in [0.15, 0.2) is 0 Å². The third kappa shape index (κ3) is 5.46. The quantitative estimate of drug-likeness (QED) is 0.482. The molecule has 0 amide bonds. The molecule has 0 N–H and O–H groups in total. The molecule has 5 heteroatoms. The predicted molar refractivity (Wildman–Crippen MR) is 114 cm³/mol. The number of aromatic nitrogens is 2. The Morgan fingerprint density at radius 2 is 1.89 bits per heavy atom. The largest absolute Gasteiger partial charge is 0.370 e. The number of fused-ring (bicyclic) bond motifs is 1. The summed E-state index contributed by atoms with van der Waals surface area (Å²) < 4.78 is 8.30. The van der Waals surface area contributed by atoms with E-state index in [1.807, 2.05) is 18.2 Å². The molecule has 1 aromatic carbocycles. The van der Waals surface area contributed by atoms with Crippen molar-refractivity contribution in [3.63, 3.8) is 0 Å². The smallest absolute Gasteiger partial charge is 0.139 e. The molecule has 1 unspecified atom stereocenters. The summed E-state index contributed by atoms with van der Waals surface area (Å²) in [4.78, 5) is 7.53. The zero-order valence-electron chi connectivity index (χ0n) is 16.9. The molecule has 1 saturated heterocycles. The van der Waals surface area contributed by atoms with Gasteiger partial charge in [-0.1, -0.05) is 38.3 Å². The van der Waals surface area contributed by atoms with Gasteiger partial charge in [0.1, 0.15) is 11.9 Å². The number of nitrogens with zero attached hydrogens (tertiary/aromatic N) is 3. The van der Waals surface area contributed by atoms with Crippen molar-refractivity contribution in [2.45, 2.75) is 71.4 Å². The number of hydrogen-bond donors (Lipinski definition) is 0. The third-order valence-electron chi connectivity index (χ3n) is 5.47. The van der Waals surface area contributed by atoms with Gasteiger partial charge in [-0.2, -0.15) is 0 Å². The summed E-state index contributed by atoms with van der Waals surface area (Å²) in [6.45, 7) is 9.93. The molecule has 0 saturated carbocycles. The van der Waals surface area contributed by atoms with Crippen molar-refractivity contribution in [1.29, 1.82) is 0 Å². The van der Waals surface area contributed by atoms with Crippen LogP contribution in [-0.4, -0.2) is 40.7 Å². The summed E-state index contributed by atoms with van der Waals surface area (Å²) in [6.07, 6.45) is 8.54. The Balaban J connectivity index is 1.72. The average molecular weight is 392 g/mol. The standard InChI is InChI=1S/C22H34ClN3O/c1-3-5-12-25(13-6-4-2)14-8-15-26-20-17-18(23)10-11-19(20)24-22(26)21-9-7-16-27-21/h10-11,17,21H,3-9,12-16H2,1-2H3. The second-order valence-electron chi connectivity index (χ2n) is 7.66. The zero-order valence-corrected chi connectivity index (χ0v) is 17.7. The van der Waals surface area contributed by atoms with Gasteiger partial charge in [0.05, 0.1) is 11.0 Å². The highest BCUT2D eigenvalue weighted by Crippen LogP contribution is 2.31. The fourth-order valence-corrected chi connectivity index (χ4v) is 4.09. The van der Waals surface area contributed by atoms with Crippen LogP contribution in [0.4, 0.5) is 0 Å².